The molecule has 0 aliphatic rings. The van der Waals surface area contributed by atoms with E-state index >= 15 is 0 Å². The number of nitrogens with two attached hydrogens (primary N) is 10. The minimum Gasteiger partial charge on any atom is -0.449 e. The molecule has 10 rings (SSSR count). The molecule has 0 amide bonds. The number of aliphatic imine (C=N–C) groups is 7. The third kappa shape index (κ3) is 63.2. The number of hydrogen-bond donors (Lipinski definition) is 10. The molecule has 32 heteroatoms. The first-order valence-corrected chi connectivity index (χ1v) is 45.3. The Morgan fingerprint density at radius 2 is 0.656 bits per heavy atom. The second kappa shape index (κ2) is 70.1. The Kier molecular flexibility index (Phi) is 63.6. The van der Waals surface area contributed by atoms with Crippen LogP contribution >= 0.6 is 113 Å². The van der Waals surface area contributed by atoms with Crippen LogP contribution < -0.4 is 57.3 Å². The summed E-state index contributed by atoms with van der Waals surface area (Å²) in [5.74, 6) is 3.45. The van der Waals surface area contributed by atoms with Gasteiger partial charge in [-0.1, -0.05) is 174 Å². The minimum absolute atomic E-state index is 0.196. The van der Waals surface area contributed by atoms with Gasteiger partial charge < -0.3 is 54.3 Å². The zero-order valence-corrected chi connectivity index (χ0v) is 84.6. The molecule has 0 unspecified atom stereocenters. The first-order chi connectivity index (χ1) is 60.8. The zero-order valence-electron chi connectivity index (χ0n) is 73.9. The van der Waals surface area contributed by atoms with Crippen molar-refractivity contribution in [2.24, 2.45) is 92.3 Å². The number of halogens is 9. The van der Waals surface area contributed by atoms with Gasteiger partial charge in [-0.05, 0) is 329 Å². The molecule has 0 fully saturated rings. The number of rotatable bonds is 29. The van der Waals surface area contributed by atoms with Gasteiger partial charge in [0.2, 0.25) is 0 Å². The van der Waals surface area contributed by atoms with E-state index in [4.69, 9.17) is 57.3 Å². The molecule has 0 radical (unpaired) electrons. The third-order valence-electron chi connectivity index (χ3n) is 16.1. The fourth-order valence-corrected chi connectivity index (χ4v) is 12.4. The standard InChI is InChI=1S/C12H17FN2.3C10H13NO2.2C9H10FIN2.C9H11FN2.3C9H11IN2/c1-10(14)15-9-12-5-2-4-11(8-12)6-3-7-13;3*1-8-2-4-9(5-3-8)6-10(11)13-7-12;2*1-6(12)13-5-7-2-3-8(10)9(11)4-7;1-7(11)12-6-8-3-2-4-9(10)5-8;1-7(11)12-6-8-2-4-9(10)5-3-8;2*1-7(11)12-6-8-3-2-4-9(10)5-8/h2,4-5,8H,3,6-7,9H2,1H3,(H2,14,15);3*2-5,7,10H,6,11H2,1H3;2*2-4H,5H2,1H3,(H2,12,13);4*2-5H,6H2,1H3,(H2,11,12)/t;3*10-;;;;;;/m.000....../s1/i13-1;;;;11+4;2*10-1;2*10+4;10-3. The zero-order chi connectivity index (χ0) is 95.7. The number of aryl methyl sites for hydroxylation is 4. The average Bonchev–Trinajstić information content (AvgIpc) is 0.892. The summed E-state index contributed by atoms with van der Waals surface area (Å²) in [5.41, 5.74) is 69.8. The van der Waals surface area contributed by atoms with Crippen molar-refractivity contribution in [1.29, 1.82) is 0 Å². The smallest absolute Gasteiger partial charge is 0.294 e. The molecule has 20 N–H and O–H groups in total. The molecule has 688 valence electrons. The van der Waals surface area contributed by atoms with E-state index < -0.39 is 18.7 Å². The maximum absolute atomic E-state index is 12.8. The van der Waals surface area contributed by atoms with Gasteiger partial charge in [0, 0.05) is 37.1 Å². The number of nitrogens with zero attached hydrogens (tertiary/aromatic N) is 7. The van der Waals surface area contributed by atoms with Gasteiger partial charge in [-0.15, -0.1) is 0 Å². The number of benzene rings is 10. The van der Waals surface area contributed by atoms with E-state index in [2.05, 4.69) is 184 Å². The van der Waals surface area contributed by atoms with Crippen LogP contribution in [0, 0.1) is 56.1 Å². The number of amidine groups is 7. The van der Waals surface area contributed by atoms with Gasteiger partial charge in [0.05, 0.1) is 93.3 Å². The monoisotopic (exact) mass is 2320 g/mol. The first kappa shape index (κ1) is 116. The molecule has 23 nitrogen and oxygen atoms in total. The summed E-state index contributed by atoms with van der Waals surface area (Å²) in [5, 5.41) is 0. The summed E-state index contributed by atoms with van der Waals surface area (Å²) in [6, 6.07) is 72.8. The maximum Gasteiger partial charge on any atom is 0.294 e. The van der Waals surface area contributed by atoms with Crippen LogP contribution in [0.5, 0.6) is 0 Å². The highest BCUT2D eigenvalue weighted by Crippen LogP contribution is 2.18. The molecular formula is C96H120F4I5N17O6. The van der Waals surface area contributed by atoms with Crippen LogP contribution in [0.3, 0.4) is 0 Å². The van der Waals surface area contributed by atoms with Crippen LogP contribution in [0.1, 0.15) is 133 Å². The van der Waals surface area contributed by atoms with Crippen LogP contribution in [0.15, 0.2) is 265 Å². The lowest BCUT2D eigenvalue weighted by Gasteiger charge is -2.08. The molecule has 10 aromatic rings. The fraction of sp³-hybridized carbons (Fsp3) is 0.271. The quantitative estimate of drug-likeness (QED) is 0.00396. The normalized spacial score (nSPS) is 11.8. The lowest BCUT2D eigenvalue weighted by Crippen LogP contribution is -2.25. The van der Waals surface area contributed by atoms with Crippen molar-refractivity contribution in [3.05, 3.63) is 344 Å². The molecule has 0 aliphatic heterocycles. The average molecular weight is 2320 g/mol. The van der Waals surface area contributed by atoms with Crippen LogP contribution in [-0.4, -0.2) is 85.6 Å². The Balaban J connectivity index is 0.000000712. The molecule has 10 aromatic carbocycles. The van der Waals surface area contributed by atoms with Gasteiger partial charge >= 0.3 is 0 Å². The Bertz CT molecular complexity index is 4690. The molecule has 0 heterocycles. The largest absolute Gasteiger partial charge is 0.449 e. The van der Waals surface area contributed by atoms with Crippen LogP contribution in [-0.2, 0) is 100 Å². The highest BCUT2D eigenvalue weighted by Gasteiger charge is 2.08. The number of alkyl halides is 1. The molecule has 0 bridgehead atoms. The summed E-state index contributed by atoms with van der Waals surface area (Å²) in [6.45, 7) is 23.4. The lowest BCUT2D eigenvalue weighted by molar-refractivity contribution is -0.134. The van der Waals surface area contributed by atoms with E-state index in [1.165, 1.54) is 68.4 Å². The van der Waals surface area contributed by atoms with Crippen LogP contribution in [0.25, 0.3) is 0 Å². The van der Waals surface area contributed by atoms with Crippen LogP contribution in [0.4, 0.5) is 17.6 Å². The van der Waals surface area contributed by atoms with E-state index in [1.807, 2.05) is 175 Å². The van der Waals surface area contributed by atoms with Crippen molar-refractivity contribution >= 4 is 173 Å². The highest BCUT2D eigenvalue weighted by atomic mass is 131. The molecule has 0 saturated heterocycles. The number of carbonyl (C=O) groups excluding carboxylic acids is 3. The highest BCUT2D eigenvalue weighted by molar-refractivity contribution is 14.1. The first-order valence-electron chi connectivity index (χ1n) is 39.9. The summed E-state index contributed by atoms with van der Waals surface area (Å²) >= 11 is 10.7. The summed E-state index contributed by atoms with van der Waals surface area (Å²) in [7, 11) is 0. The van der Waals surface area contributed by atoms with Gasteiger partial charge in [-0.3, -0.25) is 70.9 Å². The Labute approximate surface area is 820 Å². The van der Waals surface area contributed by atoms with Crippen molar-refractivity contribution in [2.75, 3.05) is 6.67 Å². The second-order valence-corrected chi connectivity index (χ2v) is 34.3. The van der Waals surface area contributed by atoms with Crippen molar-refractivity contribution in [2.45, 2.75) is 166 Å². The maximum atomic E-state index is 12.8. The predicted molar refractivity (Wildman–Crippen MR) is 560 cm³/mol. The Morgan fingerprint density at radius 3 is 0.992 bits per heavy atom. The Morgan fingerprint density at radius 1 is 0.359 bits per heavy atom. The molecule has 0 aliphatic carbocycles. The lowest BCUT2D eigenvalue weighted by atomic mass is 10.1. The summed E-state index contributed by atoms with van der Waals surface area (Å²) in [4.78, 5) is 58.4. The second-order valence-electron chi connectivity index (χ2n) is 28.2. The van der Waals surface area contributed by atoms with Gasteiger partial charge in [0.1, 0.15) is 17.5 Å². The number of ether oxygens (including phenoxy) is 3. The fourth-order valence-electron chi connectivity index (χ4n) is 9.67. The molecule has 3 atom stereocenters. The van der Waals surface area contributed by atoms with E-state index in [1.54, 1.807) is 78.8 Å². The number of carbonyl (C=O) groups is 3. The molecule has 0 aromatic heterocycles. The minimum atomic E-state index is -0.541. The van der Waals surface area contributed by atoms with Crippen molar-refractivity contribution in [3.63, 3.8) is 0 Å². The van der Waals surface area contributed by atoms with E-state index in [-0.39, 0.29) is 24.1 Å². The van der Waals surface area contributed by atoms with E-state index in [9.17, 15) is 31.9 Å². The van der Waals surface area contributed by atoms with Gasteiger partial charge in [-0.25, -0.2) is 13.2 Å². The number of hydrogen-bond acceptors (Lipinski definition) is 16. The molecule has 0 spiro atoms. The van der Waals surface area contributed by atoms with Gasteiger partial charge in [-0.2, -0.15) is 0 Å². The van der Waals surface area contributed by atoms with E-state index in [0.29, 0.717) is 139 Å². The van der Waals surface area contributed by atoms with Gasteiger partial charge in [0.25, 0.3) is 19.4 Å². The van der Waals surface area contributed by atoms with Crippen molar-refractivity contribution < 1.29 is 46.2 Å². The summed E-state index contributed by atoms with van der Waals surface area (Å²) in [6.07, 6.45) is 1.41. The molecule has 0 saturated carbocycles. The Hall–Kier alpha value is -9.85. The molecule has 128 heavy (non-hydrogen) atoms. The SMILES string of the molecule is CC(N)=NCc1ccc(F)c([131I])c1.CC(N)=NCc1ccc([131I])cc1.CC(N)=NCc1ccc([18F])c(I)c1.CC(N)=NCc1cccc(CCC[18F])c1.CC(N)=NCc1cccc([124I])c1.CC(N)=NCc1cccc([131I])c1.CC(N)=NCc1cccc([18F])c1.Cc1ccc(C[C@@H](N)OC=O)cc1.Cc1ccc(C[C@@H](N)OC=O)cc1.Cc1ccc(C[C@@H](N)OC=O)cc1. The third-order valence-corrected chi connectivity index (χ3v) is 19.8. The van der Waals surface area contributed by atoms with Crippen molar-refractivity contribution in [3.8, 4) is 0 Å². The molecular weight excluding hydrogens is 2200 g/mol. The summed E-state index contributed by atoms with van der Waals surface area (Å²) < 4.78 is 68.9. The van der Waals surface area contributed by atoms with Crippen LogP contribution in [0.2, 0.25) is 0 Å². The van der Waals surface area contributed by atoms with Gasteiger partial charge in [0.15, 0.2) is 18.7 Å². The van der Waals surface area contributed by atoms with E-state index in [0.717, 1.165) is 50.9 Å². The topological polar surface area (TPSA) is 426 Å². The van der Waals surface area contributed by atoms with Crippen molar-refractivity contribution in [1.82, 2.24) is 0 Å². The predicted octanol–water partition coefficient (Wildman–Crippen LogP) is 18.3.